The highest BCUT2D eigenvalue weighted by atomic mass is 35.5. The molecule has 2 N–H and O–H groups in total. The first-order valence-electron chi connectivity index (χ1n) is 17.6. The van der Waals surface area contributed by atoms with Crippen LogP contribution in [0.15, 0.2) is 60.2 Å². The van der Waals surface area contributed by atoms with Crippen LogP contribution in [0.25, 0.3) is 0 Å². The number of aliphatic carboxylic acids is 1. The summed E-state index contributed by atoms with van der Waals surface area (Å²) < 4.78 is 79.6. The van der Waals surface area contributed by atoms with Gasteiger partial charge in [0.2, 0.25) is 17.6 Å². The molecular weight excluding hydrogens is 790 g/mol. The van der Waals surface area contributed by atoms with Crippen LogP contribution in [0.3, 0.4) is 0 Å². The van der Waals surface area contributed by atoms with Crippen molar-refractivity contribution in [2.75, 3.05) is 11.4 Å². The summed E-state index contributed by atoms with van der Waals surface area (Å²) in [5.74, 6) is -23.3. The Balaban J connectivity index is 1.32. The summed E-state index contributed by atoms with van der Waals surface area (Å²) >= 11 is 14.3. The van der Waals surface area contributed by atoms with Crippen molar-refractivity contribution >= 4 is 58.5 Å². The third-order valence-corrected chi connectivity index (χ3v) is 12.6. The second-order valence-corrected chi connectivity index (χ2v) is 15.5. The minimum atomic E-state index is -2.81. The number of carboxylic acid groups (broad SMARTS) is 1. The number of benzene rings is 3. The van der Waals surface area contributed by atoms with E-state index in [0.29, 0.717) is 19.3 Å². The van der Waals surface area contributed by atoms with Crippen molar-refractivity contribution < 1.29 is 60.9 Å². The van der Waals surface area contributed by atoms with Gasteiger partial charge in [0.25, 0.3) is 11.8 Å². The number of amides is 4. The maximum absolute atomic E-state index is 15.3. The number of imide groups is 2. The normalized spacial score (nSPS) is 26.9. The van der Waals surface area contributed by atoms with Crippen LogP contribution < -0.4 is 9.64 Å². The van der Waals surface area contributed by atoms with Gasteiger partial charge in [0.05, 0.1) is 11.8 Å². The molecule has 6 unspecified atom stereocenters. The van der Waals surface area contributed by atoms with E-state index in [-0.39, 0.29) is 47.8 Å². The van der Waals surface area contributed by atoms with Gasteiger partial charge >= 0.3 is 5.97 Å². The molecule has 2 saturated heterocycles. The highest BCUT2D eigenvalue weighted by molar-refractivity contribution is 6.58. The second-order valence-electron chi connectivity index (χ2n) is 14.2. The Morgan fingerprint density at radius 3 is 2.14 bits per heavy atom. The molecule has 4 amide bonds. The zero-order chi connectivity index (χ0) is 40.4. The molecule has 2 aliphatic carbocycles. The molecule has 0 aromatic heterocycles. The van der Waals surface area contributed by atoms with Crippen molar-refractivity contribution in [1.29, 1.82) is 0 Å². The number of ether oxygens (including phenoxy) is 1. The predicted octanol–water partition coefficient (Wildman–Crippen LogP) is 6.88. The molecule has 56 heavy (non-hydrogen) atoms. The lowest BCUT2D eigenvalue weighted by atomic mass is 9.56. The quantitative estimate of drug-likeness (QED) is 0.0406. The number of allylic oxidation sites excluding steroid dienone is 2. The summed E-state index contributed by atoms with van der Waals surface area (Å²) in [6, 6.07) is 12.9. The number of likely N-dealkylation sites (tertiary alicyclic amines) is 1. The first-order valence-corrected chi connectivity index (χ1v) is 18.3. The number of unbranched alkanes of at least 4 members (excludes halogenated alkanes) is 2. The molecule has 3 fully saturated rings. The number of aromatic hydroxyl groups is 1. The van der Waals surface area contributed by atoms with Gasteiger partial charge in [-0.25, -0.2) is 26.9 Å². The van der Waals surface area contributed by atoms with Crippen molar-refractivity contribution in [1.82, 2.24) is 4.90 Å². The second kappa shape index (κ2) is 14.5. The number of alkyl halides is 2. The minimum Gasteiger partial charge on any atom is -0.508 e. The monoisotopic (exact) mass is 820 g/mol. The highest BCUT2D eigenvalue weighted by Gasteiger charge is 2.77. The Kier molecular flexibility index (Phi) is 10.1. The lowest BCUT2D eigenvalue weighted by molar-refractivity contribution is -0.141. The number of anilines is 1. The van der Waals surface area contributed by atoms with Gasteiger partial charge < -0.3 is 14.9 Å². The molecule has 1 saturated carbocycles. The predicted molar refractivity (Wildman–Crippen MR) is 188 cm³/mol. The first-order chi connectivity index (χ1) is 26.5. The molecule has 0 bridgehead atoms. The first kappa shape index (κ1) is 39.2. The maximum Gasteiger partial charge on any atom is 0.303 e. The molecule has 0 radical (unpaired) electrons. The molecule has 2 heterocycles. The SMILES string of the molecule is O=C(O)CCCCCN1C(=O)C2CC=C3C(CC4(Cl)C(=O)N(c5c(F)c(F)c(F)c(F)c5F)C(=O)C4(Cl)C3c3ccc(OCc4ccccc4)cc3O)C2C1=O. The highest BCUT2D eigenvalue weighted by Crippen LogP contribution is 2.66. The van der Waals surface area contributed by atoms with E-state index in [2.05, 4.69) is 0 Å². The molecule has 17 heteroatoms. The average Bonchev–Trinajstić information content (AvgIpc) is 3.50. The standard InChI is InChI=1S/C39H31Cl2F5N2O8/c40-38-16-23-20(12-13-22-26(23)35(53)47(34(22)52)14-6-2-5-9-25(50)51)27(21-11-10-19(15-24(21)49)56-17-18-7-3-1-4-8-18)39(38,41)37(55)48(36(38)54)33-31(45)29(43)28(42)30(44)32(33)46/h1,3-4,7-8,10-12,15,22-23,26-27,49H,2,5-6,9,13-14,16-17H2,(H,50,51). The number of carbonyl (C=O) groups is 5. The fraction of sp³-hybridized carbons (Fsp3) is 0.359. The van der Waals surface area contributed by atoms with Gasteiger partial charge in [-0.05, 0) is 43.2 Å². The van der Waals surface area contributed by atoms with Crippen molar-refractivity contribution in [3.8, 4) is 11.5 Å². The summed E-state index contributed by atoms with van der Waals surface area (Å²) in [4.78, 5) is 62.7. The van der Waals surface area contributed by atoms with E-state index in [4.69, 9.17) is 33.0 Å². The maximum atomic E-state index is 15.3. The van der Waals surface area contributed by atoms with Gasteiger partial charge in [0.15, 0.2) is 33.0 Å². The van der Waals surface area contributed by atoms with E-state index in [1.807, 2.05) is 6.07 Å². The Morgan fingerprint density at radius 1 is 0.839 bits per heavy atom. The summed E-state index contributed by atoms with van der Waals surface area (Å²) in [6.07, 6.45) is 1.64. The smallest absolute Gasteiger partial charge is 0.303 e. The fourth-order valence-electron chi connectivity index (χ4n) is 8.52. The van der Waals surface area contributed by atoms with Crippen molar-refractivity contribution in [2.24, 2.45) is 17.8 Å². The molecule has 3 aromatic rings. The molecule has 4 aliphatic rings. The Bertz CT molecular complexity index is 2200. The number of fused-ring (bicyclic) bond motifs is 4. The number of nitrogens with zero attached hydrogens (tertiary/aromatic N) is 2. The molecule has 2 aliphatic heterocycles. The Morgan fingerprint density at radius 2 is 1.50 bits per heavy atom. The molecule has 0 spiro atoms. The number of halogens is 7. The molecule has 7 rings (SSSR count). The van der Waals surface area contributed by atoms with Crippen LogP contribution in [-0.2, 0) is 30.6 Å². The lowest BCUT2D eigenvalue weighted by Gasteiger charge is -2.50. The van der Waals surface area contributed by atoms with Gasteiger partial charge in [0.1, 0.15) is 23.8 Å². The third kappa shape index (κ3) is 5.92. The van der Waals surface area contributed by atoms with Crippen LogP contribution in [0, 0.1) is 46.8 Å². The minimum absolute atomic E-state index is 0.0437. The number of carbonyl (C=O) groups excluding carboxylic acids is 4. The van der Waals surface area contributed by atoms with Crippen molar-refractivity contribution in [2.45, 2.75) is 60.8 Å². The summed E-state index contributed by atoms with van der Waals surface area (Å²) in [6.45, 7) is 0.0392. The van der Waals surface area contributed by atoms with E-state index in [1.165, 1.54) is 24.3 Å². The van der Waals surface area contributed by atoms with Crippen LogP contribution in [0.5, 0.6) is 11.5 Å². The van der Waals surface area contributed by atoms with Gasteiger partial charge in [-0.3, -0.25) is 28.9 Å². The van der Waals surface area contributed by atoms with Gasteiger partial charge in [-0.15, -0.1) is 23.2 Å². The number of rotatable bonds is 11. The molecular formula is C39H31Cl2F5N2O8. The molecule has 294 valence electrons. The third-order valence-electron chi connectivity index (χ3n) is 11.1. The van der Waals surface area contributed by atoms with Crippen molar-refractivity contribution in [3.63, 3.8) is 0 Å². The van der Waals surface area contributed by atoms with E-state index < -0.39 is 110 Å². The van der Waals surface area contributed by atoms with E-state index in [9.17, 15) is 42.3 Å². The Labute approximate surface area is 325 Å². The largest absolute Gasteiger partial charge is 0.508 e. The number of phenolic OH excluding ortho intramolecular Hbond substituents is 1. The average molecular weight is 822 g/mol. The number of hydrogen-bond donors (Lipinski definition) is 2. The van der Waals surface area contributed by atoms with Crippen LogP contribution >= 0.6 is 23.2 Å². The van der Waals surface area contributed by atoms with E-state index >= 15 is 8.78 Å². The number of carboxylic acids is 1. The molecule has 3 aromatic carbocycles. The summed E-state index contributed by atoms with van der Waals surface area (Å²) in [5.41, 5.74) is -1.10. The van der Waals surface area contributed by atoms with Gasteiger partial charge in [-0.2, -0.15) is 0 Å². The number of phenols is 1. The topological polar surface area (TPSA) is 142 Å². The lowest BCUT2D eigenvalue weighted by Crippen LogP contribution is -2.60. The molecule has 6 atom stereocenters. The van der Waals surface area contributed by atoms with Crippen LogP contribution in [-0.4, -0.2) is 61.0 Å². The summed E-state index contributed by atoms with van der Waals surface area (Å²) in [7, 11) is 0. The number of hydrogen-bond acceptors (Lipinski definition) is 7. The van der Waals surface area contributed by atoms with E-state index in [0.717, 1.165) is 10.5 Å². The van der Waals surface area contributed by atoms with E-state index in [1.54, 1.807) is 24.3 Å². The van der Waals surface area contributed by atoms with Gasteiger partial charge in [-0.1, -0.05) is 54.5 Å². The Hall–Kier alpha value is -5.02. The summed E-state index contributed by atoms with van der Waals surface area (Å²) in [5, 5.41) is 20.5. The fourth-order valence-corrected chi connectivity index (χ4v) is 9.45. The van der Waals surface area contributed by atoms with Crippen LogP contribution in [0.2, 0.25) is 0 Å². The van der Waals surface area contributed by atoms with Gasteiger partial charge in [0, 0.05) is 30.5 Å². The van der Waals surface area contributed by atoms with Crippen molar-refractivity contribution in [3.05, 3.63) is 100 Å². The zero-order valence-corrected chi connectivity index (χ0v) is 30.6. The van der Waals surface area contributed by atoms with Crippen LogP contribution in [0.1, 0.15) is 55.6 Å². The molecule has 10 nitrogen and oxygen atoms in total. The zero-order valence-electron chi connectivity index (χ0n) is 29.0. The van der Waals surface area contributed by atoms with Crippen LogP contribution in [0.4, 0.5) is 27.6 Å².